The van der Waals surface area contributed by atoms with Gasteiger partial charge in [-0.1, -0.05) is 174 Å². The Kier molecular flexibility index (Phi) is 6.38. The monoisotopic (exact) mass is 706 g/mol. The van der Waals surface area contributed by atoms with Gasteiger partial charge in [-0.25, -0.2) is 0 Å². The fourth-order valence-corrected chi connectivity index (χ4v) is 11.5. The van der Waals surface area contributed by atoms with E-state index < -0.39 is 0 Å². The van der Waals surface area contributed by atoms with Crippen molar-refractivity contribution in [2.75, 3.05) is 0 Å². The number of rotatable bonds is 2. The van der Waals surface area contributed by atoms with Crippen molar-refractivity contribution < 1.29 is 0 Å². The third-order valence-electron chi connectivity index (χ3n) is 13.8. The van der Waals surface area contributed by atoms with Crippen LogP contribution in [0.2, 0.25) is 0 Å². The van der Waals surface area contributed by atoms with E-state index in [-0.39, 0.29) is 16.2 Å². The van der Waals surface area contributed by atoms with Gasteiger partial charge in [0.25, 0.3) is 0 Å². The Morgan fingerprint density at radius 1 is 0.309 bits per heavy atom. The van der Waals surface area contributed by atoms with Gasteiger partial charge in [-0.2, -0.15) is 0 Å². The molecule has 0 nitrogen and oxygen atoms in total. The molecule has 3 aliphatic rings. The molecule has 0 aliphatic heterocycles. The first-order valence-corrected chi connectivity index (χ1v) is 20.0. The predicted molar refractivity (Wildman–Crippen MR) is 234 cm³/mol. The van der Waals surface area contributed by atoms with E-state index in [1.54, 1.807) is 0 Å². The van der Waals surface area contributed by atoms with Crippen LogP contribution in [-0.4, -0.2) is 0 Å². The van der Waals surface area contributed by atoms with Crippen molar-refractivity contribution in [1.29, 1.82) is 0 Å². The highest BCUT2D eigenvalue weighted by Gasteiger charge is 2.52. The number of fused-ring (bicyclic) bond motifs is 14. The zero-order valence-electron chi connectivity index (χ0n) is 33.2. The van der Waals surface area contributed by atoms with Crippen molar-refractivity contribution in [2.45, 2.75) is 71.6 Å². The predicted octanol–water partition coefficient (Wildman–Crippen LogP) is 14.9. The van der Waals surface area contributed by atoms with Gasteiger partial charge in [0.1, 0.15) is 0 Å². The van der Waals surface area contributed by atoms with Crippen LogP contribution in [0.4, 0.5) is 0 Å². The van der Waals surface area contributed by atoms with Crippen molar-refractivity contribution in [1.82, 2.24) is 0 Å². The summed E-state index contributed by atoms with van der Waals surface area (Å²) in [6, 6.07) is 51.2. The van der Waals surface area contributed by atoms with Crippen molar-refractivity contribution in [3.63, 3.8) is 0 Å². The van der Waals surface area contributed by atoms with E-state index in [0.717, 1.165) is 0 Å². The Hall–Kier alpha value is -5.72. The molecule has 0 saturated carbocycles. The molecule has 0 fully saturated rings. The van der Waals surface area contributed by atoms with E-state index in [2.05, 4.69) is 189 Å². The first-order chi connectivity index (χ1) is 26.4. The fourth-order valence-electron chi connectivity index (χ4n) is 11.5. The topological polar surface area (TPSA) is 0 Å². The Labute approximate surface area is 325 Å². The highest BCUT2D eigenvalue weighted by Crippen LogP contribution is 2.68. The van der Waals surface area contributed by atoms with Gasteiger partial charge in [0, 0.05) is 16.2 Å². The summed E-state index contributed by atoms with van der Waals surface area (Å²) in [5.74, 6) is 0. The van der Waals surface area contributed by atoms with Crippen LogP contribution in [0.5, 0.6) is 0 Å². The average molecular weight is 707 g/mol. The molecule has 0 N–H and O–H groups in total. The molecule has 11 rings (SSSR count). The molecule has 0 heterocycles. The van der Waals surface area contributed by atoms with Gasteiger partial charge in [0.15, 0.2) is 0 Å². The Morgan fingerprint density at radius 3 is 1.18 bits per heavy atom. The van der Waals surface area contributed by atoms with Crippen molar-refractivity contribution in [2.24, 2.45) is 0 Å². The fraction of sp³-hybridized carbons (Fsp3) is 0.200. The van der Waals surface area contributed by atoms with E-state index in [0.29, 0.717) is 0 Å². The van der Waals surface area contributed by atoms with Crippen LogP contribution >= 0.6 is 0 Å². The Morgan fingerprint density at radius 2 is 0.709 bits per heavy atom. The maximum atomic E-state index is 2.62. The minimum Gasteiger partial charge on any atom is -0.0619 e. The van der Waals surface area contributed by atoms with Crippen LogP contribution in [0.25, 0.3) is 77.2 Å². The second-order valence-electron chi connectivity index (χ2n) is 18.2. The van der Waals surface area contributed by atoms with Crippen LogP contribution in [0, 0.1) is 13.8 Å². The Bertz CT molecular complexity index is 3020. The lowest BCUT2D eigenvalue weighted by Crippen LogP contribution is -2.22. The third-order valence-corrected chi connectivity index (χ3v) is 13.8. The third kappa shape index (κ3) is 4.08. The van der Waals surface area contributed by atoms with Crippen LogP contribution in [0.15, 0.2) is 133 Å². The molecule has 0 saturated heterocycles. The minimum atomic E-state index is -0.241. The molecule has 0 aromatic heterocycles. The SMILES string of the molecule is Cc1cccc(-c2c3ccccc3c(-c3cccc(C)c3)c3cc4c(cc23)-c2c3c(c5c(c2C4(C)C)-c2ccccc2C5(C)C)-c2ccccc2C3(C)C)c1. The first-order valence-electron chi connectivity index (χ1n) is 20.0. The molecule has 0 heteroatoms. The first kappa shape index (κ1) is 32.7. The molecule has 3 aliphatic carbocycles. The lowest BCUT2D eigenvalue weighted by molar-refractivity contribution is 0.636. The van der Waals surface area contributed by atoms with Crippen molar-refractivity contribution >= 4 is 21.5 Å². The molecule has 0 unspecified atom stereocenters. The largest absolute Gasteiger partial charge is 0.0619 e. The quantitative estimate of drug-likeness (QED) is 0.157. The van der Waals surface area contributed by atoms with Gasteiger partial charge in [0.05, 0.1) is 0 Å². The van der Waals surface area contributed by atoms with Crippen molar-refractivity contribution in [3.05, 3.63) is 178 Å². The molecular weight excluding hydrogens is 661 g/mol. The molecule has 0 bridgehead atoms. The van der Waals surface area contributed by atoms with E-state index in [1.165, 1.54) is 122 Å². The molecule has 0 atom stereocenters. The summed E-state index contributed by atoms with van der Waals surface area (Å²) in [6.45, 7) is 19.3. The summed E-state index contributed by atoms with van der Waals surface area (Å²) in [7, 11) is 0. The van der Waals surface area contributed by atoms with Gasteiger partial charge in [-0.15, -0.1) is 0 Å². The van der Waals surface area contributed by atoms with Crippen LogP contribution < -0.4 is 0 Å². The van der Waals surface area contributed by atoms with Crippen LogP contribution in [-0.2, 0) is 16.2 Å². The zero-order chi connectivity index (χ0) is 37.8. The molecule has 0 spiro atoms. The minimum absolute atomic E-state index is 0.136. The van der Waals surface area contributed by atoms with Crippen molar-refractivity contribution in [3.8, 4) is 55.6 Å². The number of benzene rings is 8. The van der Waals surface area contributed by atoms with E-state index in [4.69, 9.17) is 0 Å². The van der Waals surface area contributed by atoms with Gasteiger partial charge in [-0.3, -0.25) is 0 Å². The molecular formula is C55H46. The van der Waals surface area contributed by atoms with Gasteiger partial charge in [0.2, 0.25) is 0 Å². The standard InChI is InChI=1S/C55H46/c1-31-17-15-19-33(27-31)45-35-21-9-10-22-36(35)46(34-20-16-18-32(2)28-34)40-30-44-41(29-39(40)45)49-51-47(37-23-11-14-26-43(37)54(51,5)6)50-48(52(49)55(44,7)8)38-24-12-13-25-42(38)53(50,3)4/h9-30H,1-8H3. The van der Waals surface area contributed by atoms with Gasteiger partial charge >= 0.3 is 0 Å². The molecule has 8 aromatic rings. The van der Waals surface area contributed by atoms with Crippen LogP contribution in [0.3, 0.4) is 0 Å². The highest BCUT2D eigenvalue weighted by molar-refractivity contribution is 6.23. The Balaban J connectivity index is 1.37. The second-order valence-corrected chi connectivity index (χ2v) is 18.2. The number of hydrogen-bond donors (Lipinski definition) is 0. The summed E-state index contributed by atoms with van der Waals surface area (Å²) in [5.41, 5.74) is 24.6. The number of hydrogen-bond acceptors (Lipinski definition) is 0. The number of aryl methyl sites for hydroxylation is 2. The molecule has 8 aromatic carbocycles. The van der Waals surface area contributed by atoms with Crippen LogP contribution in [0.1, 0.15) is 86.1 Å². The van der Waals surface area contributed by atoms with Gasteiger partial charge < -0.3 is 0 Å². The molecule has 266 valence electrons. The smallest absolute Gasteiger partial charge is 0.0165 e. The van der Waals surface area contributed by atoms with Gasteiger partial charge in [-0.05, 0) is 137 Å². The summed E-state index contributed by atoms with van der Waals surface area (Å²) >= 11 is 0. The van der Waals surface area contributed by atoms with E-state index in [9.17, 15) is 0 Å². The lowest BCUT2D eigenvalue weighted by atomic mass is 9.71. The second kappa shape index (κ2) is 10.7. The molecule has 0 amide bonds. The van der Waals surface area contributed by atoms with E-state index >= 15 is 0 Å². The zero-order valence-corrected chi connectivity index (χ0v) is 33.2. The molecule has 55 heavy (non-hydrogen) atoms. The summed E-state index contributed by atoms with van der Waals surface area (Å²) < 4.78 is 0. The average Bonchev–Trinajstić information content (AvgIpc) is 3.65. The normalized spacial score (nSPS) is 16.1. The maximum Gasteiger partial charge on any atom is 0.0165 e. The lowest BCUT2D eigenvalue weighted by Gasteiger charge is -2.31. The highest BCUT2D eigenvalue weighted by atomic mass is 14.5. The van der Waals surface area contributed by atoms with E-state index in [1.807, 2.05) is 0 Å². The summed E-state index contributed by atoms with van der Waals surface area (Å²) in [6.07, 6.45) is 0. The summed E-state index contributed by atoms with van der Waals surface area (Å²) in [4.78, 5) is 0. The summed E-state index contributed by atoms with van der Waals surface area (Å²) in [5, 5.41) is 5.26. The molecule has 0 radical (unpaired) electrons. The maximum absolute atomic E-state index is 2.62.